The third kappa shape index (κ3) is 3.95. The van der Waals surface area contributed by atoms with Crippen molar-refractivity contribution in [3.05, 3.63) is 5.57 Å². The van der Waals surface area contributed by atoms with Gasteiger partial charge in [0.05, 0.1) is 6.61 Å². The van der Waals surface area contributed by atoms with Crippen molar-refractivity contribution in [2.75, 3.05) is 6.61 Å². The van der Waals surface area contributed by atoms with Crippen molar-refractivity contribution in [1.29, 1.82) is 0 Å². The van der Waals surface area contributed by atoms with Crippen LogP contribution in [0.1, 0.15) is 26.2 Å². The van der Waals surface area contributed by atoms with Crippen LogP contribution in [-0.2, 0) is 4.79 Å². The predicted octanol–water partition coefficient (Wildman–Crippen LogP) is 0.927. The van der Waals surface area contributed by atoms with Gasteiger partial charge in [0.25, 0.3) is 0 Å². The molecule has 0 aliphatic carbocycles. The Morgan fingerprint density at radius 2 is 2.33 bits per heavy atom. The van der Waals surface area contributed by atoms with Gasteiger partial charge >= 0.3 is 0 Å². The molecule has 2 heteroatoms. The first-order chi connectivity index (χ1) is 4.35. The maximum atomic E-state index is 9.92. The third-order valence-electron chi connectivity index (χ3n) is 1.17. The zero-order valence-corrected chi connectivity index (χ0v) is 5.68. The van der Waals surface area contributed by atoms with E-state index in [0.29, 0.717) is 12.0 Å². The largest absolute Gasteiger partial charge is 0.391 e. The lowest BCUT2D eigenvalue weighted by Gasteiger charge is -1.94. The standard InChI is InChI=1S/C7H12O2/c1-2-3-4-7(5-8)6-9/h8H,2-5H2,1H3. The topological polar surface area (TPSA) is 37.3 Å². The van der Waals surface area contributed by atoms with Crippen LogP contribution in [0.15, 0.2) is 5.57 Å². The lowest BCUT2D eigenvalue weighted by Crippen LogP contribution is -1.90. The Labute approximate surface area is 55.2 Å². The lowest BCUT2D eigenvalue weighted by atomic mass is 10.1. The maximum absolute atomic E-state index is 9.92. The van der Waals surface area contributed by atoms with E-state index in [1.165, 1.54) is 0 Å². The van der Waals surface area contributed by atoms with Gasteiger partial charge in [0.1, 0.15) is 5.94 Å². The van der Waals surface area contributed by atoms with Crippen molar-refractivity contribution in [3.63, 3.8) is 0 Å². The Morgan fingerprint density at radius 3 is 2.67 bits per heavy atom. The summed E-state index contributed by atoms with van der Waals surface area (Å²) >= 11 is 0. The molecule has 0 atom stereocenters. The van der Waals surface area contributed by atoms with E-state index in [-0.39, 0.29) is 6.61 Å². The summed E-state index contributed by atoms with van der Waals surface area (Å²) in [6, 6.07) is 0. The summed E-state index contributed by atoms with van der Waals surface area (Å²) in [4.78, 5) is 9.92. The van der Waals surface area contributed by atoms with E-state index in [9.17, 15) is 4.79 Å². The van der Waals surface area contributed by atoms with Crippen LogP contribution in [0.3, 0.4) is 0 Å². The van der Waals surface area contributed by atoms with Crippen LogP contribution in [-0.4, -0.2) is 17.7 Å². The van der Waals surface area contributed by atoms with Crippen LogP contribution in [0.4, 0.5) is 0 Å². The number of aliphatic hydroxyl groups excluding tert-OH is 1. The highest BCUT2D eigenvalue weighted by Crippen LogP contribution is 2.01. The molecule has 0 spiro atoms. The van der Waals surface area contributed by atoms with Gasteiger partial charge in [-0.15, -0.1) is 0 Å². The highest BCUT2D eigenvalue weighted by Gasteiger charge is 1.93. The van der Waals surface area contributed by atoms with Gasteiger partial charge in [-0.3, -0.25) is 0 Å². The normalized spacial score (nSPS) is 8.67. The molecule has 0 fully saturated rings. The van der Waals surface area contributed by atoms with Gasteiger partial charge in [0.2, 0.25) is 0 Å². The smallest absolute Gasteiger partial charge is 0.125 e. The SMILES string of the molecule is CCCCC(=C=O)CO. The first-order valence-corrected chi connectivity index (χ1v) is 3.18. The van der Waals surface area contributed by atoms with Gasteiger partial charge < -0.3 is 5.11 Å². The van der Waals surface area contributed by atoms with Crippen molar-refractivity contribution >= 4 is 5.94 Å². The van der Waals surface area contributed by atoms with Crippen LogP contribution < -0.4 is 0 Å². The van der Waals surface area contributed by atoms with Crippen LogP contribution in [0.5, 0.6) is 0 Å². The van der Waals surface area contributed by atoms with E-state index in [4.69, 9.17) is 5.11 Å². The van der Waals surface area contributed by atoms with Gasteiger partial charge in [0, 0.05) is 5.57 Å². The fourth-order valence-electron chi connectivity index (χ4n) is 0.553. The van der Waals surface area contributed by atoms with Gasteiger partial charge in [-0.25, -0.2) is 4.79 Å². The van der Waals surface area contributed by atoms with Gasteiger partial charge in [0.15, 0.2) is 0 Å². The molecule has 0 aliphatic rings. The fraction of sp³-hybridized carbons (Fsp3) is 0.714. The molecule has 0 aliphatic heterocycles. The average molecular weight is 128 g/mol. The Kier molecular flexibility index (Phi) is 5.18. The van der Waals surface area contributed by atoms with Crippen molar-refractivity contribution in [3.8, 4) is 0 Å². The molecule has 0 saturated heterocycles. The highest BCUT2D eigenvalue weighted by molar-refractivity contribution is 5.52. The number of hydrogen-bond donors (Lipinski definition) is 1. The van der Waals surface area contributed by atoms with E-state index in [0.717, 1.165) is 12.8 Å². The second kappa shape index (κ2) is 5.54. The molecule has 9 heavy (non-hydrogen) atoms. The van der Waals surface area contributed by atoms with Crippen LogP contribution in [0.2, 0.25) is 0 Å². The molecule has 52 valence electrons. The Bertz CT molecular complexity index is 112. The summed E-state index contributed by atoms with van der Waals surface area (Å²) in [6.07, 6.45) is 2.70. The Balaban J connectivity index is 3.45. The molecular weight excluding hydrogens is 116 g/mol. The van der Waals surface area contributed by atoms with E-state index in [1.54, 1.807) is 5.94 Å². The highest BCUT2D eigenvalue weighted by atomic mass is 16.3. The summed E-state index contributed by atoms with van der Waals surface area (Å²) in [5, 5.41) is 8.45. The van der Waals surface area contributed by atoms with Crippen molar-refractivity contribution in [2.24, 2.45) is 0 Å². The second-order valence-electron chi connectivity index (χ2n) is 1.97. The van der Waals surface area contributed by atoms with Gasteiger partial charge in [-0.2, -0.15) is 0 Å². The van der Waals surface area contributed by atoms with E-state index in [2.05, 4.69) is 0 Å². The van der Waals surface area contributed by atoms with E-state index >= 15 is 0 Å². The second-order valence-corrected chi connectivity index (χ2v) is 1.97. The molecule has 0 saturated carbocycles. The number of aliphatic hydroxyl groups is 1. The Hall–Kier alpha value is -0.590. The molecule has 1 N–H and O–H groups in total. The molecule has 0 rings (SSSR count). The fourth-order valence-corrected chi connectivity index (χ4v) is 0.553. The van der Waals surface area contributed by atoms with Crippen molar-refractivity contribution < 1.29 is 9.90 Å². The van der Waals surface area contributed by atoms with Gasteiger partial charge in [-0.1, -0.05) is 13.3 Å². The monoisotopic (exact) mass is 128 g/mol. The quantitative estimate of drug-likeness (QED) is 0.572. The summed E-state index contributed by atoms with van der Waals surface area (Å²) < 4.78 is 0. The zero-order valence-electron chi connectivity index (χ0n) is 5.68. The van der Waals surface area contributed by atoms with E-state index in [1.807, 2.05) is 6.92 Å². The molecule has 0 heterocycles. The summed E-state index contributed by atoms with van der Waals surface area (Å²) in [7, 11) is 0. The summed E-state index contributed by atoms with van der Waals surface area (Å²) in [5.41, 5.74) is 0.483. The van der Waals surface area contributed by atoms with Crippen molar-refractivity contribution in [1.82, 2.24) is 0 Å². The molecular formula is C7H12O2. The van der Waals surface area contributed by atoms with Crippen LogP contribution >= 0.6 is 0 Å². The molecule has 2 nitrogen and oxygen atoms in total. The number of rotatable bonds is 4. The van der Waals surface area contributed by atoms with Crippen LogP contribution in [0, 0.1) is 0 Å². The zero-order chi connectivity index (χ0) is 7.11. The molecule has 0 radical (unpaired) electrons. The number of carbonyl (C=O) groups excluding carboxylic acids is 1. The van der Waals surface area contributed by atoms with Crippen molar-refractivity contribution in [2.45, 2.75) is 26.2 Å². The minimum absolute atomic E-state index is 0.135. The predicted molar refractivity (Wildman–Crippen MR) is 35.8 cm³/mol. The lowest BCUT2D eigenvalue weighted by molar-refractivity contribution is 0.326. The first kappa shape index (κ1) is 8.41. The van der Waals surface area contributed by atoms with Crippen LogP contribution in [0.25, 0.3) is 0 Å². The molecule has 0 unspecified atom stereocenters. The molecule has 0 aromatic rings. The number of hydrogen-bond acceptors (Lipinski definition) is 2. The summed E-state index contributed by atoms with van der Waals surface area (Å²) in [6.45, 7) is 1.91. The molecule has 0 aromatic heterocycles. The summed E-state index contributed by atoms with van der Waals surface area (Å²) in [5.74, 6) is 1.70. The molecule has 0 aromatic carbocycles. The van der Waals surface area contributed by atoms with E-state index < -0.39 is 0 Å². The minimum Gasteiger partial charge on any atom is -0.391 e. The molecule has 0 amide bonds. The van der Waals surface area contributed by atoms with Gasteiger partial charge in [-0.05, 0) is 12.8 Å². The maximum Gasteiger partial charge on any atom is 0.125 e. The third-order valence-corrected chi connectivity index (χ3v) is 1.17. The first-order valence-electron chi connectivity index (χ1n) is 3.18. The minimum atomic E-state index is -0.135. The number of unbranched alkanes of at least 4 members (excludes halogenated alkanes) is 1. The Morgan fingerprint density at radius 1 is 1.67 bits per heavy atom. The average Bonchev–Trinajstić information content (AvgIpc) is 1.91. The molecule has 0 bridgehead atoms.